The van der Waals surface area contributed by atoms with Gasteiger partial charge in [-0.2, -0.15) is 0 Å². The van der Waals surface area contributed by atoms with Gasteiger partial charge < -0.3 is 10.6 Å². The predicted octanol–water partition coefficient (Wildman–Crippen LogP) is 5.68. The molecule has 1 unspecified atom stereocenters. The highest BCUT2D eigenvalue weighted by atomic mass is 32.1. The Morgan fingerprint density at radius 2 is 1.86 bits per heavy atom. The van der Waals surface area contributed by atoms with Crippen LogP contribution in [0.25, 0.3) is 33.0 Å². The van der Waals surface area contributed by atoms with Crippen LogP contribution in [0.1, 0.15) is 24.0 Å². The summed E-state index contributed by atoms with van der Waals surface area (Å²) >= 11 is 1.86. The molecule has 1 atom stereocenters. The van der Waals surface area contributed by atoms with Crippen LogP contribution in [0.15, 0.2) is 41.0 Å². The van der Waals surface area contributed by atoms with Crippen molar-refractivity contribution in [3.05, 3.63) is 46.6 Å². The highest BCUT2D eigenvalue weighted by molar-refractivity contribution is 7.63. The molecule has 144 valence electrons. The van der Waals surface area contributed by atoms with Gasteiger partial charge in [-0.15, -0.1) is 0 Å². The Morgan fingerprint density at radius 1 is 1.07 bits per heavy atom. The molecule has 0 bridgehead atoms. The van der Waals surface area contributed by atoms with Crippen LogP contribution in [-0.2, 0) is 6.16 Å². The number of aromatic nitrogens is 2. The van der Waals surface area contributed by atoms with E-state index in [1.165, 1.54) is 14.4 Å². The quantitative estimate of drug-likeness (QED) is 0.424. The van der Waals surface area contributed by atoms with Gasteiger partial charge in [0.15, 0.2) is 18.2 Å². The van der Waals surface area contributed by atoms with Gasteiger partial charge in [0, 0.05) is 25.2 Å². The normalized spacial score (nSPS) is 12.5. The molecule has 0 spiro atoms. The third-order valence-corrected chi connectivity index (χ3v) is 9.29. The molecule has 0 amide bonds. The lowest BCUT2D eigenvalue weighted by Crippen LogP contribution is -2.22. The standard InChI is InChI=1S/C21H24N4OPS/c1-3-25(4-2)16-11-9-15(20-21(16)24-26-23-20)10-12-19-27(14-13-22)17-7-5-6-8-18(17)28-19/h5-12H,3-4,13-14,22H2,1-2H3/q+1/b12-10+. The minimum atomic E-state index is -0.374. The Kier molecular flexibility index (Phi) is 5.72. The van der Waals surface area contributed by atoms with E-state index in [1.807, 2.05) is 11.3 Å². The van der Waals surface area contributed by atoms with Gasteiger partial charge in [-0.1, -0.05) is 29.5 Å². The maximum absolute atomic E-state index is 5.90. The van der Waals surface area contributed by atoms with E-state index < -0.39 is 0 Å². The zero-order valence-electron chi connectivity index (χ0n) is 16.1. The maximum atomic E-state index is 5.90. The van der Waals surface area contributed by atoms with E-state index in [0.717, 1.165) is 41.5 Å². The molecule has 0 saturated carbocycles. The lowest BCUT2D eigenvalue weighted by atomic mass is 10.1. The monoisotopic (exact) mass is 411 g/mol. The minimum absolute atomic E-state index is 0.374. The zero-order chi connectivity index (χ0) is 19.5. The van der Waals surface area contributed by atoms with E-state index in [9.17, 15) is 0 Å². The second kappa shape index (κ2) is 8.39. The van der Waals surface area contributed by atoms with Gasteiger partial charge in [0.05, 0.1) is 10.4 Å². The molecule has 4 rings (SSSR count). The van der Waals surface area contributed by atoms with Crippen LogP contribution in [0, 0.1) is 0 Å². The molecule has 5 nitrogen and oxygen atoms in total. The fraction of sp³-hybridized carbons (Fsp3) is 0.286. The van der Waals surface area contributed by atoms with Gasteiger partial charge in [-0.3, -0.25) is 0 Å². The van der Waals surface area contributed by atoms with Crippen molar-refractivity contribution in [1.82, 2.24) is 10.3 Å². The Bertz CT molecular complexity index is 1130. The molecule has 0 aliphatic rings. The first kappa shape index (κ1) is 19.1. The highest BCUT2D eigenvalue weighted by Gasteiger charge is 2.21. The van der Waals surface area contributed by atoms with E-state index >= 15 is 0 Å². The number of hydrogen-bond acceptors (Lipinski definition) is 6. The molecular formula is C21H24N4OPS+. The summed E-state index contributed by atoms with van der Waals surface area (Å²) in [6, 6.07) is 12.9. The zero-order valence-corrected chi connectivity index (χ0v) is 17.8. The van der Waals surface area contributed by atoms with Crippen molar-refractivity contribution >= 4 is 57.6 Å². The van der Waals surface area contributed by atoms with Crippen molar-refractivity contribution in [2.75, 3.05) is 24.5 Å². The number of anilines is 1. The van der Waals surface area contributed by atoms with Crippen molar-refractivity contribution < 1.29 is 4.63 Å². The highest BCUT2D eigenvalue weighted by Crippen LogP contribution is 2.49. The minimum Gasteiger partial charge on any atom is -0.370 e. The lowest BCUT2D eigenvalue weighted by Gasteiger charge is -2.20. The van der Waals surface area contributed by atoms with Gasteiger partial charge >= 0.3 is 0 Å². The molecule has 0 aliphatic heterocycles. The van der Waals surface area contributed by atoms with Gasteiger partial charge in [-0.05, 0) is 54.5 Å². The van der Waals surface area contributed by atoms with Crippen molar-refractivity contribution in [3.8, 4) is 0 Å². The Hall–Kier alpha value is -2.27. The predicted molar refractivity (Wildman–Crippen MR) is 122 cm³/mol. The lowest BCUT2D eigenvalue weighted by molar-refractivity contribution is 0.315. The number of hydrogen-bond donors (Lipinski definition) is 1. The molecule has 2 aromatic heterocycles. The number of fused-ring (bicyclic) bond motifs is 2. The molecule has 2 heterocycles. The van der Waals surface area contributed by atoms with Crippen LogP contribution in [0.2, 0.25) is 0 Å². The van der Waals surface area contributed by atoms with E-state index in [-0.39, 0.29) is 7.53 Å². The molecular weight excluding hydrogens is 387 g/mol. The smallest absolute Gasteiger partial charge is 0.203 e. The Balaban J connectivity index is 1.76. The third-order valence-electron chi connectivity index (χ3n) is 4.92. The first-order valence-corrected chi connectivity index (χ1v) is 11.9. The van der Waals surface area contributed by atoms with Gasteiger partial charge in [0.2, 0.25) is 4.61 Å². The van der Waals surface area contributed by atoms with Crippen LogP contribution in [-0.4, -0.2) is 29.9 Å². The summed E-state index contributed by atoms with van der Waals surface area (Å²) in [6.07, 6.45) is 5.38. The molecule has 0 aliphatic carbocycles. The summed E-state index contributed by atoms with van der Waals surface area (Å²) in [6.45, 7) is 6.83. The summed E-state index contributed by atoms with van der Waals surface area (Å²) < 4.78 is 7.82. The molecule has 4 aromatic rings. The van der Waals surface area contributed by atoms with E-state index in [0.29, 0.717) is 6.54 Å². The molecule has 28 heavy (non-hydrogen) atoms. The van der Waals surface area contributed by atoms with Crippen molar-refractivity contribution in [2.45, 2.75) is 20.0 Å². The molecule has 0 radical (unpaired) electrons. The van der Waals surface area contributed by atoms with Gasteiger partial charge in [0.25, 0.3) is 0 Å². The number of nitrogens with zero attached hydrogens (tertiary/aromatic N) is 3. The topological polar surface area (TPSA) is 68.2 Å². The van der Waals surface area contributed by atoms with Crippen molar-refractivity contribution in [3.63, 3.8) is 0 Å². The second-order valence-electron chi connectivity index (χ2n) is 6.49. The Labute approximate surface area is 169 Å². The molecule has 2 aromatic carbocycles. The van der Waals surface area contributed by atoms with Crippen LogP contribution in [0.3, 0.4) is 0 Å². The molecule has 0 saturated heterocycles. The van der Waals surface area contributed by atoms with Crippen LogP contribution in [0.4, 0.5) is 5.69 Å². The fourth-order valence-corrected chi connectivity index (χ4v) is 7.80. The van der Waals surface area contributed by atoms with Crippen LogP contribution < -0.4 is 10.6 Å². The average molecular weight is 411 g/mol. The molecule has 0 fully saturated rings. The van der Waals surface area contributed by atoms with Crippen molar-refractivity contribution in [2.24, 2.45) is 5.73 Å². The summed E-state index contributed by atoms with van der Waals surface area (Å²) in [5, 5.41) is 9.78. The summed E-state index contributed by atoms with van der Waals surface area (Å²) in [7, 11) is -0.374. The number of rotatable bonds is 7. The van der Waals surface area contributed by atoms with E-state index in [4.69, 9.17) is 10.4 Å². The summed E-state index contributed by atoms with van der Waals surface area (Å²) in [5.74, 6) is 0. The SMILES string of the molecule is CCN(CC)c1ccc(/C=C/c2sc3ccccc3[p+]2CCN)c2nonc12. The molecule has 2 N–H and O–H groups in total. The van der Waals surface area contributed by atoms with Crippen LogP contribution in [0.5, 0.6) is 0 Å². The van der Waals surface area contributed by atoms with Gasteiger partial charge in [-0.25, -0.2) is 4.63 Å². The fourth-order valence-electron chi connectivity index (χ4n) is 3.52. The second-order valence-corrected chi connectivity index (χ2v) is 10.1. The first-order valence-electron chi connectivity index (χ1n) is 9.56. The largest absolute Gasteiger partial charge is 0.370 e. The number of benzene rings is 2. The van der Waals surface area contributed by atoms with E-state index in [1.54, 1.807) is 0 Å². The third kappa shape index (κ3) is 3.44. The maximum Gasteiger partial charge on any atom is 0.203 e. The van der Waals surface area contributed by atoms with Crippen molar-refractivity contribution in [1.29, 1.82) is 0 Å². The first-order chi connectivity index (χ1) is 13.8. The molecule has 7 heteroatoms. The Morgan fingerprint density at radius 3 is 2.64 bits per heavy atom. The van der Waals surface area contributed by atoms with Gasteiger partial charge in [0.1, 0.15) is 11.7 Å². The van der Waals surface area contributed by atoms with E-state index in [2.05, 4.69) is 77.6 Å². The number of nitrogens with two attached hydrogens (primary N) is 1. The average Bonchev–Trinajstić information content (AvgIpc) is 3.34. The summed E-state index contributed by atoms with van der Waals surface area (Å²) in [4.78, 5) is 2.26. The summed E-state index contributed by atoms with van der Waals surface area (Å²) in [5.41, 5.74) is 9.63. The van der Waals surface area contributed by atoms with Crippen LogP contribution >= 0.6 is 18.9 Å².